The van der Waals surface area contributed by atoms with Gasteiger partial charge in [0.25, 0.3) is 5.91 Å². The zero-order valence-electron chi connectivity index (χ0n) is 12.1. The lowest BCUT2D eigenvalue weighted by molar-refractivity contribution is 0.0909. The van der Waals surface area contributed by atoms with Crippen molar-refractivity contribution in [1.29, 1.82) is 0 Å². The van der Waals surface area contributed by atoms with Crippen molar-refractivity contribution in [3.8, 4) is 5.88 Å². The van der Waals surface area contributed by atoms with Crippen LogP contribution in [0.5, 0.6) is 5.88 Å². The van der Waals surface area contributed by atoms with Gasteiger partial charge in [-0.3, -0.25) is 4.79 Å². The van der Waals surface area contributed by atoms with E-state index in [1.807, 2.05) is 0 Å². The minimum absolute atomic E-state index is 0.111. The number of aromatic nitrogens is 1. The van der Waals surface area contributed by atoms with Gasteiger partial charge in [0.1, 0.15) is 11.4 Å². The monoisotopic (exact) mass is 304 g/mol. The fourth-order valence-electron chi connectivity index (χ4n) is 1.96. The molecule has 5 nitrogen and oxygen atoms in total. The van der Waals surface area contributed by atoms with Gasteiger partial charge in [-0.1, -0.05) is 18.2 Å². The molecule has 0 spiro atoms. The summed E-state index contributed by atoms with van der Waals surface area (Å²) in [4.78, 5) is 16.1. The summed E-state index contributed by atoms with van der Waals surface area (Å²) in [7, 11) is 0. The van der Waals surface area contributed by atoms with Crippen LogP contribution in [0.25, 0.3) is 0 Å². The molecule has 0 saturated heterocycles. The Bertz CT molecular complexity index is 649. The molecule has 1 heterocycles. The molecule has 22 heavy (non-hydrogen) atoms. The summed E-state index contributed by atoms with van der Waals surface area (Å²) in [6.07, 6.45) is 0.396. The molecule has 0 aliphatic carbocycles. The molecule has 1 aromatic carbocycles. The summed E-state index contributed by atoms with van der Waals surface area (Å²) < 4.78 is 18.8. The van der Waals surface area contributed by atoms with Crippen LogP contribution in [0.3, 0.4) is 0 Å². The van der Waals surface area contributed by atoms with Crippen LogP contribution in [0.1, 0.15) is 28.9 Å². The van der Waals surface area contributed by atoms with Crippen LogP contribution in [0.4, 0.5) is 4.39 Å². The number of nitrogens with zero attached hydrogens (tertiary/aromatic N) is 1. The molecular formula is C16H17FN2O3. The average molecular weight is 304 g/mol. The molecule has 1 atom stereocenters. The number of rotatable bonds is 6. The molecule has 0 aliphatic rings. The van der Waals surface area contributed by atoms with Crippen molar-refractivity contribution in [3.05, 3.63) is 59.5 Å². The molecule has 1 amide bonds. The lowest BCUT2D eigenvalue weighted by atomic mass is 10.1. The first-order valence-electron chi connectivity index (χ1n) is 6.92. The van der Waals surface area contributed by atoms with Crippen molar-refractivity contribution in [2.45, 2.75) is 13.0 Å². The molecule has 2 aromatic rings. The lowest BCUT2D eigenvalue weighted by Crippen LogP contribution is -2.29. The molecule has 6 heteroatoms. The van der Waals surface area contributed by atoms with E-state index < -0.39 is 17.8 Å². The van der Waals surface area contributed by atoms with Crippen molar-refractivity contribution in [3.63, 3.8) is 0 Å². The maximum Gasteiger partial charge on any atom is 0.256 e. The predicted molar refractivity (Wildman–Crippen MR) is 79.1 cm³/mol. The van der Waals surface area contributed by atoms with Gasteiger partial charge in [-0.15, -0.1) is 0 Å². The Morgan fingerprint density at radius 1 is 1.36 bits per heavy atom. The van der Waals surface area contributed by atoms with E-state index in [1.165, 1.54) is 24.4 Å². The highest BCUT2D eigenvalue weighted by Gasteiger charge is 2.16. The van der Waals surface area contributed by atoms with Gasteiger partial charge in [0.2, 0.25) is 5.88 Å². The molecule has 1 aromatic heterocycles. The number of ether oxygens (including phenoxy) is 1. The Hall–Kier alpha value is -2.47. The van der Waals surface area contributed by atoms with Gasteiger partial charge in [-0.25, -0.2) is 9.37 Å². The third-order valence-corrected chi connectivity index (χ3v) is 3.02. The minimum atomic E-state index is -1.13. The van der Waals surface area contributed by atoms with Crippen LogP contribution in [-0.4, -0.2) is 29.1 Å². The van der Waals surface area contributed by atoms with Gasteiger partial charge in [-0.2, -0.15) is 0 Å². The van der Waals surface area contributed by atoms with E-state index in [0.717, 1.165) is 0 Å². The number of carbonyl (C=O) groups excluding carboxylic acids is 1. The van der Waals surface area contributed by atoms with Gasteiger partial charge in [-0.05, 0) is 25.1 Å². The Morgan fingerprint density at radius 2 is 2.14 bits per heavy atom. The molecule has 116 valence electrons. The summed E-state index contributed by atoms with van der Waals surface area (Å²) >= 11 is 0. The van der Waals surface area contributed by atoms with Crippen LogP contribution in [0.2, 0.25) is 0 Å². The molecule has 0 saturated carbocycles. The quantitative estimate of drug-likeness (QED) is 0.857. The van der Waals surface area contributed by atoms with Crippen molar-refractivity contribution in [2.75, 3.05) is 13.2 Å². The maximum absolute atomic E-state index is 13.5. The van der Waals surface area contributed by atoms with E-state index >= 15 is 0 Å². The first-order chi connectivity index (χ1) is 10.6. The van der Waals surface area contributed by atoms with Crippen molar-refractivity contribution < 1.29 is 19.0 Å². The molecule has 0 bridgehead atoms. The normalized spacial score (nSPS) is 11.8. The van der Waals surface area contributed by atoms with Crippen molar-refractivity contribution in [2.24, 2.45) is 0 Å². The fourth-order valence-corrected chi connectivity index (χ4v) is 1.96. The largest absolute Gasteiger partial charge is 0.477 e. The summed E-state index contributed by atoms with van der Waals surface area (Å²) in [6.45, 7) is 2.06. The van der Waals surface area contributed by atoms with E-state index in [-0.39, 0.29) is 23.6 Å². The van der Waals surface area contributed by atoms with E-state index in [4.69, 9.17) is 4.74 Å². The van der Waals surface area contributed by atoms with E-state index in [9.17, 15) is 14.3 Å². The minimum Gasteiger partial charge on any atom is -0.477 e. The van der Waals surface area contributed by atoms with Gasteiger partial charge in [0, 0.05) is 18.3 Å². The summed E-state index contributed by atoms with van der Waals surface area (Å²) in [5, 5.41) is 12.5. The molecule has 2 N–H and O–H groups in total. The van der Waals surface area contributed by atoms with Crippen LogP contribution < -0.4 is 10.1 Å². The van der Waals surface area contributed by atoms with Gasteiger partial charge in [0.05, 0.1) is 12.7 Å². The van der Waals surface area contributed by atoms with Crippen LogP contribution in [-0.2, 0) is 0 Å². The Morgan fingerprint density at radius 3 is 2.86 bits per heavy atom. The molecule has 0 fully saturated rings. The second-order valence-electron chi connectivity index (χ2n) is 4.54. The number of benzene rings is 1. The summed E-state index contributed by atoms with van der Waals surface area (Å²) in [5.41, 5.74) is 0.407. The lowest BCUT2D eigenvalue weighted by Gasteiger charge is -2.14. The van der Waals surface area contributed by atoms with Gasteiger partial charge in [0.15, 0.2) is 0 Å². The molecule has 2 rings (SSSR count). The highest BCUT2D eigenvalue weighted by molar-refractivity contribution is 5.96. The maximum atomic E-state index is 13.5. The Labute approximate surface area is 127 Å². The van der Waals surface area contributed by atoms with Crippen LogP contribution >= 0.6 is 0 Å². The molecule has 0 radical (unpaired) electrons. The van der Waals surface area contributed by atoms with Gasteiger partial charge < -0.3 is 15.2 Å². The number of pyridine rings is 1. The van der Waals surface area contributed by atoms with Crippen LogP contribution in [0.15, 0.2) is 42.6 Å². The van der Waals surface area contributed by atoms with Crippen molar-refractivity contribution in [1.82, 2.24) is 10.3 Å². The first-order valence-corrected chi connectivity index (χ1v) is 6.92. The van der Waals surface area contributed by atoms with E-state index in [0.29, 0.717) is 6.61 Å². The predicted octanol–water partition coefficient (Wildman–Crippen LogP) is 2.08. The first kappa shape index (κ1) is 15.9. The fraction of sp³-hybridized carbons (Fsp3) is 0.250. The average Bonchev–Trinajstić information content (AvgIpc) is 2.53. The molecular weight excluding hydrogens is 287 g/mol. The zero-order chi connectivity index (χ0) is 15.9. The van der Waals surface area contributed by atoms with E-state index in [2.05, 4.69) is 10.3 Å². The number of aliphatic hydroxyl groups excluding tert-OH is 1. The number of halogens is 1. The zero-order valence-corrected chi connectivity index (χ0v) is 12.1. The second kappa shape index (κ2) is 7.51. The Kier molecular flexibility index (Phi) is 5.43. The number of nitrogens with one attached hydrogen (secondary N) is 1. The number of hydrogen-bond acceptors (Lipinski definition) is 4. The summed E-state index contributed by atoms with van der Waals surface area (Å²) in [5.74, 6) is -0.726. The van der Waals surface area contributed by atoms with E-state index in [1.54, 1.807) is 25.1 Å². The Balaban J connectivity index is 2.03. The standard InChI is InChI=1S/C16H17FN2O3/c1-2-22-16-12(7-5-9-18-16)15(21)19-10-14(20)11-6-3-4-8-13(11)17/h3-9,14,20H,2,10H2,1H3,(H,19,21). The summed E-state index contributed by atoms with van der Waals surface area (Å²) in [6, 6.07) is 9.08. The molecule has 1 unspecified atom stereocenters. The number of hydrogen-bond donors (Lipinski definition) is 2. The SMILES string of the molecule is CCOc1ncccc1C(=O)NCC(O)c1ccccc1F. The number of carbonyl (C=O) groups is 1. The van der Waals surface area contributed by atoms with Gasteiger partial charge >= 0.3 is 0 Å². The molecule has 0 aliphatic heterocycles. The van der Waals surface area contributed by atoms with Crippen molar-refractivity contribution >= 4 is 5.91 Å². The van der Waals surface area contributed by atoms with Crippen LogP contribution in [0, 0.1) is 5.82 Å². The highest BCUT2D eigenvalue weighted by atomic mass is 19.1. The number of aliphatic hydroxyl groups is 1. The second-order valence-corrected chi connectivity index (χ2v) is 4.54. The number of amides is 1. The highest BCUT2D eigenvalue weighted by Crippen LogP contribution is 2.17. The third-order valence-electron chi connectivity index (χ3n) is 3.02. The third kappa shape index (κ3) is 3.79. The smallest absolute Gasteiger partial charge is 0.256 e. The topological polar surface area (TPSA) is 71.5 Å².